The molecular formula is C11H24N2O2. The van der Waals surface area contributed by atoms with E-state index in [0.29, 0.717) is 19.1 Å². The van der Waals surface area contributed by atoms with Crippen molar-refractivity contribution in [1.82, 2.24) is 4.90 Å². The van der Waals surface area contributed by atoms with Crippen LogP contribution in [0, 0.1) is 0 Å². The fourth-order valence-corrected chi connectivity index (χ4v) is 1.65. The smallest absolute Gasteiger partial charge is 0.239 e. The van der Waals surface area contributed by atoms with Crippen molar-refractivity contribution in [1.29, 1.82) is 0 Å². The van der Waals surface area contributed by atoms with Gasteiger partial charge in [0.1, 0.15) is 0 Å². The molecule has 2 N–H and O–H groups in total. The molecule has 0 aliphatic heterocycles. The highest BCUT2D eigenvalue weighted by atomic mass is 16.5. The summed E-state index contributed by atoms with van der Waals surface area (Å²) >= 11 is 0. The fraction of sp³-hybridized carbons (Fsp3) is 0.909. The molecule has 0 aromatic carbocycles. The summed E-state index contributed by atoms with van der Waals surface area (Å²) in [4.78, 5) is 13.6. The molecule has 1 unspecified atom stereocenters. The molecule has 0 heterocycles. The van der Waals surface area contributed by atoms with Gasteiger partial charge in [-0.1, -0.05) is 13.8 Å². The molecule has 0 saturated heterocycles. The highest BCUT2D eigenvalue weighted by Gasteiger charge is 2.22. The van der Waals surface area contributed by atoms with Gasteiger partial charge in [-0.05, 0) is 19.3 Å². The Labute approximate surface area is 92.8 Å². The molecule has 90 valence electrons. The second kappa shape index (κ2) is 7.65. The Morgan fingerprint density at radius 3 is 2.33 bits per heavy atom. The van der Waals surface area contributed by atoms with Gasteiger partial charge in [-0.15, -0.1) is 0 Å². The number of rotatable bonds is 7. The third-order valence-electron chi connectivity index (χ3n) is 2.79. The van der Waals surface area contributed by atoms with E-state index in [0.717, 1.165) is 12.8 Å². The summed E-state index contributed by atoms with van der Waals surface area (Å²) in [7, 11) is 3.44. The average molecular weight is 216 g/mol. The zero-order chi connectivity index (χ0) is 11.8. The van der Waals surface area contributed by atoms with Crippen molar-refractivity contribution in [3.05, 3.63) is 0 Å². The quantitative estimate of drug-likeness (QED) is 0.690. The van der Waals surface area contributed by atoms with Crippen molar-refractivity contribution < 1.29 is 9.53 Å². The van der Waals surface area contributed by atoms with Gasteiger partial charge in [-0.3, -0.25) is 4.79 Å². The number of hydrogen-bond acceptors (Lipinski definition) is 3. The summed E-state index contributed by atoms with van der Waals surface area (Å²) in [5, 5.41) is 0. The van der Waals surface area contributed by atoms with Gasteiger partial charge in [-0.25, -0.2) is 0 Å². The highest BCUT2D eigenvalue weighted by Crippen LogP contribution is 2.08. The molecule has 0 fully saturated rings. The van der Waals surface area contributed by atoms with E-state index in [9.17, 15) is 4.79 Å². The number of ether oxygens (including phenoxy) is 1. The van der Waals surface area contributed by atoms with Gasteiger partial charge < -0.3 is 15.4 Å². The van der Waals surface area contributed by atoms with Crippen LogP contribution >= 0.6 is 0 Å². The van der Waals surface area contributed by atoms with Gasteiger partial charge >= 0.3 is 0 Å². The van der Waals surface area contributed by atoms with E-state index < -0.39 is 6.04 Å². The lowest BCUT2D eigenvalue weighted by Gasteiger charge is -2.28. The van der Waals surface area contributed by atoms with Crippen LogP contribution in [0.2, 0.25) is 0 Å². The zero-order valence-corrected chi connectivity index (χ0v) is 10.3. The summed E-state index contributed by atoms with van der Waals surface area (Å²) in [6.45, 7) is 4.70. The van der Waals surface area contributed by atoms with Crippen LogP contribution in [0.3, 0.4) is 0 Å². The lowest BCUT2D eigenvalue weighted by molar-refractivity contribution is -0.133. The number of nitrogens with two attached hydrogens (primary N) is 1. The van der Waals surface area contributed by atoms with Crippen molar-refractivity contribution in [3.63, 3.8) is 0 Å². The first-order chi connectivity index (χ1) is 7.08. The number of hydrogen-bond donors (Lipinski definition) is 1. The van der Waals surface area contributed by atoms with Gasteiger partial charge in [0.05, 0.1) is 6.04 Å². The van der Waals surface area contributed by atoms with Gasteiger partial charge in [0.2, 0.25) is 5.91 Å². The molecule has 0 bridgehead atoms. The molecule has 0 aliphatic carbocycles. The number of nitrogens with zero attached hydrogens (tertiary/aromatic N) is 1. The van der Waals surface area contributed by atoms with Crippen molar-refractivity contribution >= 4 is 5.91 Å². The topological polar surface area (TPSA) is 55.6 Å². The highest BCUT2D eigenvalue weighted by molar-refractivity contribution is 5.81. The van der Waals surface area contributed by atoms with Crippen LogP contribution < -0.4 is 5.73 Å². The third kappa shape index (κ3) is 4.62. The molecule has 0 aromatic rings. The molecule has 0 spiro atoms. The SMILES string of the molecule is CCC(CC)N(C)C(=O)C(N)CCOC. The van der Waals surface area contributed by atoms with Gasteiger partial charge in [-0.2, -0.15) is 0 Å². The first-order valence-electron chi connectivity index (χ1n) is 5.59. The molecular weight excluding hydrogens is 192 g/mol. The van der Waals surface area contributed by atoms with Gasteiger partial charge in [0, 0.05) is 26.8 Å². The minimum absolute atomic E-state index is 0.0146. The maximum absolute atomic E-state index is 11.9. The summed E-state index contributed by atoms with van der Waals surface area (Å²) in [5.41, 5.74) is 5.78. The molecule has 1 atom stereocenters. The summed E-state index contributed by atoms with van der Waals surface area (Å²) in [6, 6.07) is -0.137. The molecule has 1 amide bonds. The lowest BCUT2D eigenvalue weighted by Crippen LogP contribution is -2.46. The van der Waals surface area contributed by atoms with Crippen LogP contribution in [0.5, 0.6) is 0 Å². The molecule has 0 saturated carbocycles. The minimum atomic E-state index is -0.435. The number of likely N-dealkylation sites (N-methyl/N-ethyl adjacent to an activating group) is 1. The van der Waals surface area contributed by atoms with E-state index in [2.05, 4.69) is 13.8 Å². The Morgan fingerprint density at radius 2 is 1.93 bits per heavy atom. The van der Waals surface area contributed by atoms with E-state index in [4.69, 9.17) is 10.5 Å². The second-order valence-corrected chi connectivity index (χ2v) is 3.81. The Morgan fingerprint density at radius 1 is 1.40 bits per heavy atom. The summed E-state index contributed by atoms with van der Waals surface area (Å²) < 4.78 is 4.90. The van der Waals surface area contributed by atoms with E-state index in [1.165, 1.54) is 0 Å². The monoisotopic (exact) mass is 216 g/mol. The third-order valence-corrected chi connectivity index (χ3v) is 2.79. The lowest BCUT2D eigenvalue weighted by atomic mass is 10.1. The molecule has 4 heteroatoms. The Balaban J connectivity index is 4.16. The molecule has 0 radical (unpaired) electrons. The minimum Gasteiger partial charge on any atom is -0.385 e. The Hall–Kier alpha value is -0.610. The van der Waals surface area contributed by atoms with E-state index in [-0.39, 0.29) is 5.91 Å². The summed E-state index contributed by atoms with van der Waals surface area (Å²) in [5.74, 6) is 0.0146. The largest absolute Gasteiger partial charge is 0.385 e. The maximum Gasteiger partial charge on any atom is 0.239 e. The number of amides is 1. The number of methoxy groups -OCH3 is 1. The van der Waals surface area contributed by atoms with Crippen LogP contribution in [0.4, 0.5) is 0 Å². The van der Waals surface area contributed by atoms with E-state index in [1.54, 1.807) is 12.0 Å². The van der Waals surface area contributed by atoms with Crippen molar-refractivity contribution in [2.24, 2.45) is 5.73 Å². The van der Waals surface area contributed by atoms with Crippen molar-refractivity contribution in [2.45, 2.75) is 45.2 Å². The van der Waals surface area contributed by atoms with Crippen LogP contribution in [-0.2, 0) is 9.53 Å². The zero-order valence-electron chi connectivity index (χ0n) is 10.3. The van der Waals surface area contributed by atoms with Gasteiger partial charge in [0.25, 0.3) is 0 Å². The van der Waals surface area contributed by atoms with Crippen molar-refractivity contribution in [3.8, 4) is 0 Å². The van der Waals surface area contributed by atoms with E-state index in [1.807, 2.05) is 7.05 Å². The molecule has 0 aliphatic rings. The van der Waals surface area contributed by atoms with Crippen LogP contribution in [-0.4, -0.2) is 43.7 Å². The first-order valence-corrected chi connectivity index (χ1v) is 5.59. The van der Waals surface area contributed by atoms with Crippen LogP contribution in [0.1, 0.15) is 33.1 Å². The van der Waals surface area contributed by atoms with Gasteiger partial charge in [0.15, 0.2) is 0 Å². The normalized spacial score (nSPS) is 12.9. The molecule has 0 aromatic heterocycles. The predicted molar refractivity (Wildman–Crippen MR) is 61.6 cm³/mol. The standard InChI is InChI=1S/C11H24N2O2/c1-5-9(6-2)13(3)11(14)10(12)7-8-15-4/h9-10H,5-8,12H2,1-4H3. The second-order valence-electron chi connectivity index (χ2n) is 3.81. The fourth-order valence-electron chi connectivity index (χ4n) is 1.65. The van der Waals surface area contributed by atoms with Crippen LogP contribution in [0.15, 0.2) is 0 Å². The van der Waals surface area contributed by atoms with E-state index >= 15 is 0 Å². The average Bonchev–Trinajstić information content (AvgIpc) is 2.26. The molecule has 0 rings (SSSR count). The summed E-state index contributed by atoms with van der Waals surface area (Å²) in [6.07, 6.45) is 2.52. The van der Waals surface area contributed by atoms with Crippen LogP contribution in [0.25, 0.3) is 0 Å². The molecule has 4 nitrogen and oxygen atoms in total. The maximum atomic E-state index is 11.9. The Kier molecular flexibility index (Phi) is 7.34. The molecule has 15 heavy (non-hydrogen) atoms. The predicted octanol–water partition coefficient (Wildman–Crippen LogP) is 0.997. The number of carbonyl (C=O) groups excluding carboxylic acids is 1. The Bertz CT molecular complexity index is 181. The van der Waals surface area contributed by atoms with Crippen molar-refractivity contribution in [2.75, 3.05) is 20.8 Å². The first kappa shape index (κ1) is 14.4. The number of carbonyl (C=O) groups is 1.